The molecule has 548 valence electrons. The first-order valence-corrected chi connectivity index (χ1v) is 36.9. The molecule has 5 aromatic heterocycles. The first-order valence-electron chi connectivity index (χ1n) is 36.0. The van der Waals surface area contributed by atoms with E-state index < -0.39 is 29.0 Å². The number of anilines is 3. The Bertz CT molecular complexity index is 5060. The molecule has 3 atom stereocenters. The van der Waals surface area contributed by atoms with Crippen LogP contribution >= 0.6 is 11.3 Å². The number of aryl methyl sites for hydroxylation is 3. The van der Waals surface area contributed by atoms with Gasteiger partial charge in [-0.25, -0.2) is 27.8 Å². The maximum Gasteiger partial charge on any atom is 0.274 e. The predicted octanol–water partition coefficient (Wildman–Crippen LogP) is 13.0. The highest BCUT2D eigenvalue weighted by atomic mass is 32.1. The smallest absolute Gasteiger partial charge is 0.274 e. The third-order valence-corrected chi connectivity index (χ3v) is 19.7. The Morgan fingerprint density at radius 3 is 1.43 bits per heavy atom. The van der Waals surface area contributed by atoms with Gasteiger partial charge in [-0.15, -0.1) is 11.3 Å². The fourth-order valence-corrected chi connectivity index (χ4v) is 13.4. The van der Waals surface area contributed by atoms with Crippen LogP contribution in [0.4, 0.5) is 25.8 Å². The van der Waals surface area contributed by atoms with Gasteiger partial charge in [0.05, 0.1) is 63.3 Å². The minimum absolute atomic E-state index is 0.104. The van der Waals surface area contributed by atoms with Gasteiger partial charge < -0.3 is 54.2 Å². The third-order valence-electron chi connectivity index (χ3n) is 18.9. The number of aliphatic hydroxyl groups is 1. The number of hydrogen-bond acceptors (Lipinski definition) is 16. The number of aromatic nitrogens is 8. The molecule has 24 heteroatoms. The summed E-state index contributed by atoms with van der Waals surface area (Å²) in [5.74, 6) is -0.862. The van der Waals surface area contributed by atoms with Gasteiger partial charge in [0.15, 0.2) is 0 Å². The summed E-state index contributed by atoms with van der Waals surface area (Å²) in [6.45, 7) is 8.76. The second-order valence-electron chi connectivity index (χ2n) is 27.4. The number of benzene rings is 7. The van der Waals surface area contributed by atoms with E-state index in [9.17, 15) is 28.3 Å². The Kier molecular flexibility index (Phi) is 23.6. The lowest BCUT2D eigenvalue weighted by Gasteiger charge is -2.30. The van der Waals surface area contributed by atoms with Crippen molar-refractivity contribution in [2.24, 2.45) is 29.0 Å². The van der Waals surface area contributed by atoms with Crippen LogP contribution in [-0.2, 0) is 25.2 Å². The largest absolute Gasteiger partial charge is 0.379 e. The Balaban J connectivity index is 0.000000142. The summed E-state index contributed by atoms with van der Waals surface area (Å²) in [6.07, 6.45) is 10.7. The summed E-state index contributed by atoms with van der Waals surface area (Å²) in [4.78, 5) is 48.9. The van der Waals surface area contributed by atoms with Crippen LogP contribution in [-0.4, -0.2) is 87.8 Å². The van der Waals surface area contributed by atoms with Crippen LogP contribution in [0.25, 0.3) is 17.1 Å². The number of carbonyl (C=O) groups excluding carboxylic acids is 3. The van der Waals surface area contributed by atoms with E-state index in [0.717, 1.165) is 81.4 Å². The molecule has 3 unspecified atom stereocenters. The van der Waals surface area contributed by atoms with E-state index in [2.05, 4.69) is 57.2 Å². The molecule has 7 aromatic carbocycles. The lowest BCUT2D eigenvalue weighted by molar-refractivity contribution is 0.0795. The summed E-state index contributed by atoms with van der Waals surface area (Å²) >= 11 is 1.55. The molecule has 15 rings (SSSR count). The number of nitrogens with two attached hydrogens (primary N) is 3. The molecule has 0 radical (unpaired) electrons. The summed E-state index contributed by atoms with van der Waals surface area (Å²) in [6, 6.07) is 60.3. The average molecular weight is 1460 g/mol. The van der Waals surface area contributed by atoms with Gasteiger partial charge in [0.2, 0.25) is 0 Å². The number of pyridine rings is 1. The van der Waals surface area contributed by atoms with Gasteiger partial charge in [0, 0.05) is 55.7 Å². The molecule has 0 spiro atoms. The zero-order valence-corrected chi connectivity index (χ0v) is 60.6. The molecule has 21 nitrogen and oxygen atoms in total. The van der Waals surface area contributed by atoms with Gasteiger partial charge in [0.1, 0.15) is 39.3 Å². The van der Waals surface area contributed by atoms with Crippen LogP contribution in [0.15, 0.2) is 218 Å². The standard InChI is InChI=1S/C29H31N5O2.C28H29FN6O.C26H27FN6OS/c1-20-15-27(34(33-20)26-12-5-7-21(16-26)18-30)28(35)32-25-11-6-10-23(17-25)29(36,19-31-24-13-14-24)22-8-3-2-4-9-22;1-18-13-26(35(34-18)22-6-4-5-20(14-22)16-30)28(36)33-25-15-21(10-11-23(25)29)27(32-17-19-8-9-19)24-7-2-3-12-31-24;1-16-11-23(33(32-16)20-4-2-3-18(12-20)14-28)25(34)31-22-13-19(7-8-21(22)27)24(26-29-9-10-35-26)30-15-17-5-6-17/h2-12,15-17,24,31,36H,13-14,18-19,30H2,1H3,(H,32,35);2-7,10-15,19,27,32H,8-9,16-17,30H2,1H3,(H,33,36);2-4,7-13,17,24,30H,5-6,14-15,28H2,1H3,(H,31,34). The molecule has 3 amide bonds. The van der Waals surface area contributed by atoms with E-state index >= 15 is 0 Å². The van der Waals surface area contributed by atoms with Gasteiger partial charge in [-0.2, -0.15) is 15.3 Å². The molecule has 3 aliphatic rings. The molecular weight excluding hydrogens is 1370 g/mol. The average Bonchev–Trinajstić information content (AvgIpc) is 1.68. The number of carbonyl (C=O) groups is 3. The molecule has 0 bridgehead atoms. The van der Waals surface area contributed by atoms with Crippen molar-refractivity contribution in [1.29, 1.82) is 0 Å². The molecule has 5 heterocycles. The zero-order valence-electron chi connectivity index (χ0n) is 59.8. The Hall–Kier alpha value is -11.1. The Labute approximate surface area is 624 Å². The maximum absolute atomic E-state index is 14.9. The van der Waals surface area contributed by atoms with Crippen molar-refractivity contribution in [3.05, 3.63) is 313 Å². The van der Waals surface area contributed by atoms with E-state index in [1.807, 2.05) is 172 Å². The van der Waals surface area contributed by atoms with Gasteiger partial charge in [-0.05, 0) is 226 Å². The molecular formula is C83H87F2N17O4S. The topological polar surface area (TPSA) is 301 Å². The lowest BCUT2D eigenvalue weighted by atomic mass is 9.86. The van der Waals surface area contributed by atoms with Gasteiger partial charge in [-0.3, -0.25) is 19.4 Å². The number of amides is 3. The fourth-order valence-electron chi connectivity index (χ4n) is 12.6. The number of halogens is 2. The summed E-state index contributed by atoms with van der Waals surface area (Å²) in [5.41, 5.74) is 29.1. The molecule has 107 heavy (non-hydrogen) atoms. The van der Waals surface area contributed by atoms with Gasteiger partial charge in [0.25, 0.3) is 17.7 Å². The number of nitrogens with one attached hydrogen (secondary N) is 6. The molecule has 0 saturated heterocycles. The van der Waals surface area contributed by atoms with Crippen molar-refractivity contribution < 1.29 is 28.3 Å². The highest BCUT2D eigenvalue weighted by Gasteiger charge is 2.35. The number of rotatable bonds is 27. The molecule has 12 aromatic rings. The van der Waals surface area contributed by atoms with Gasteiger partial charge >= 0.3 is 0 Å². The first kappa shape index (κ1) is 74.2. The second kappa shape index (κ2) is 34.0. The van der Waals surface area contributed by atoms with Crippen LogP contribution in [0, 0.1) is 44.2 Å². The summed E-state index contributed by atoms with van der Waals surface area (Å²) < 4.78 is 34.4. The van der Waals surface area contributed by atoms with Crippen LogP contribution in [0.5, 0.6) is 0 Å². The van der Waals surface area contributed by atoms with Crippen LogP contribution in [0.2, 0.25) is 0 Å². The second-order valence-corrected chi connectivity index (χ2v) is 28.3. The third kappa shape index (κ3) is 18.8. The van der Waals surface area contributed by atoms with Crippen molar-refractivity contribution in [1.82, 2.24) is 55.3 Å². The zero-order chi connectivity index (χ0) is 74.6. The molecule has 0 aliphatic heterocycles. The summed E-state index contributed by atoms with van der Waals surface area (Å²) in [7, 11) is 0. The monoisotopic (exact) mass is 1460 g/mol. The summed E-state index contributed by atoms with van der Waals surface area (Å²) in [5, 5.41) is 47.3. The van der Waals surface area contributed by atoms with Crippen LogP contribution in [0.3, 0.4) is 0 Å². The van der Waals surface area contributed by atoms with E-state index in [1.165, 1.54) is 37.8 Å². The van der Waals surface area contributed by atoms with Crippen molar-refractivity contribution in [3.63, 3.8) is 0 Å². The highest BCUT2D eigenvalue weighted by Crippen LogP contribution is 2.36. The number of thiazole rings is 1. The van der Waals surface area contributed by atoms with Crippen LogP contribution in [0.1, 0.15) is 149 Å². The van der Waals surface area contributed by atoms with E-state index in [0.29, 0.717) is 95.2 Å². The number of hydrogen-bond donors (Lipinski definition) is 10. The van der Waals surface area contributed by atoms with Crippen molar-refractivity contribution >= 4 is 46.1 Å². The van der Waals surface area contributed by atoms with Crippen molar-refractivity contribution in [2.45, 2.75) is 103 Å². The minimum Gasteiger partial charge on any atom is -0.379 e. The fraction of sp³-hybridized carbons (Fsp3) is 0.253. The predicted molar refractivity (Wildman–Crippen MR) is 414 cm³/mol. The molecule has 3 saturated carbocycles. The molecule has 3 aliphatic carbocycles. The van der Waals surface area contributed by atoms with Crippen molar-refractivity contribution in [2.75, 3.05) is 35.6 Å². The minimum atomic E-state index is -1.23. The van der Waals surface area contributed by atoms with E-state index in [1.54, 1.807) is 80.2 Å². The normalized spacial score (nSPS) is 14.3. The molecule has 3 fully saturated rings. The Morgan fingerprint density at radius 2 is 0.972 bits per heavy atom. The van der Waals surface area contributed by atoms with Crippen molar-refractivity contribution in [3.8, 4) is 17.1 Å². The number of nitrogens with zero attached hydrogens (tertiary/aromatic N) is 8. The SMILES string of the molecule is Cc1cc(C(=O)Nc2cc(C(NCC3CC3)c3ccccn3)ccc2F)n(-c2cccc(CN)c2)n1.Cc1cc(C(=O)Nc2cc(C(NCC3CC3)c3nccs3)ccc2F)n(-c2cccc(CN)c2)n1.Cc1cc(C(=O)Nc2cccc(C(O)(CNC3CC3)c3ccccc3)c2)n(-c2cccc(CN)c2)n1. The van der Waals surface area contributed by atoms with Crippen LogP contribution < -0.4 is 49.1 Å². The quantitative estimate of drug-likeness (QED) is 0.0229. The van der Waals surface area contributed by atoms with E-state index in [-0.39, 0.29) is 29.4 Å². The lowest BCUT2D eigenvalue weighted by Crippen LogP contribution is -2.40. The maximum atomic E-state index is 14.9. The highest BCUT2D eigenvalue weighted by molar-refractivity contribution is 7.09. The molecule has 13 N–H and O–H groups in total. The Morgan fingerprint density at radius 1 is 0.505 bits per heavy atom. The first-order chi connectivity index (χ1) is 52.0. The van der Waals surface area contributed by atoms with Gasteiger partial charge in [-0.1, -0.05) is 97.1 Å². The van der Waals surface area contributed by atoms with E-state index in [4.69, 9.17) is 17.2 Å².